The minimum atomic E-state index is -0.108. The number of aromatic nitrogens is 2. The molecule has 1 N–H and O–H groups in total. The average Bonchev–Trinajstić information content (AvgIpc) is 2.86. The first kappa shape index (κ1) is 23.3. The first-order valence-electron chi connectivity index (χ1n) is 13.1. The molecule has 0 atom stereocenters. The maximum atomic E-state index is 13.3. The summed E-state index contributed by atoms with van der Waals surface area (Å²) in [4.78, 5) is 37.1. The van der Waals surface area contributed by atoms with E-state index in [4.69, 9.17) is 9.47 Å². The topological polar surface area (TPSA) is 93.7 Å². The Hall–Kier alpha value is -3.16. The second-order valence-electron chi connectivity index (χ2n) is 11.4. The van der Waals surface area contributed by atoms with E-state index >= 15 is 0 Å². The number of benzene rings is 1. The highest BCUT2D eigenvalue weighted by atomic mass is 16.5. The summed E-state index contributed by atoms with van der Waals surface area (Å²) in [5.41, 5.74) is 2.41. The molecule has 1 aromatic carbocycles. The van der Waals surface area contributed by atoms with Gasteiger partial charge in [0.05, 0.1) is 26.5 Å². The highest BCUT2D eigenvalue weighted by Gasteiger charge is 2.51. The van der Waals surface area contributed by atoms with Gasteiger partial charge in [-0.15, -0.1) is 0 Å². The van der Waals surface area contributed by atoms with E-state index in [1.54, 1.807) is 37.3 Å². The quantitative estimate of drug-likeness (QED) is 0.651. The van der Waals surface area contributed by atoms with Gasteiger partial charge in [0.25, 0.3) is 5.91 Å². The van der Waals surface area contributed by atoms with E-state index in [-0.39, 0.29) is 17.2 Å². The van der Waals surface area contributed by atoms with Gasteiger partial charge >= 0.3 is 0 Å². The standard InChI is InChI=1S/C28H34N4O4/c1-35-21-8-20(9-22(10-21)36-2)27(34)32-4-3-23-24(15-32)29-16-30-26(23)31-25(33)14-28-11-17-5-18(12-28)7-19(6-17)13-28/h8-10,16-19H,3-7,11-15H2,1-2H3,(H,29,30,31,33). The van der Waals surface area contributed by atoms with Crippen LogP contribution in [0.5, 0.6) is 11.5 Å². The molecule has 4 fully saturated rings. The molecule has 8 nitrogen and oxygen atoms in total. The molecule has 4 aliphatic carbocycles. The number of carbonyl (C=O) groups is 2. The average molecular weight is 491 g/mol. The van der Waals surface area contributed by atoms with Crippen molar-refractivity contribution in [3.05, 3.63) is 41.3 Å². The number of fused-ring (bicyclic) bond motifs is 1. The van der Waals surface area contributed by atoms with Gasteiger partial charge in [0.2, 0.25) is 5.91 Å². The SMILES string of the molecule is COc1cc(OC)cc(C(=O)N2CCc3c(ncnc3NC(=O)CC34CC5CC(CC(C5)C3)C4)C2)c1. The van der Waals surface area contributed by atoms with Crippen LogP contribution in [0.3, 0.4) is 0 Å². The number of methoxy groups -OCH3 is 2. The molecule has 0 radical (unpaired) electrons. The summed E-state index contributed by atoms with van der Waals surface area (Å²) in [5, 5.41) is 3.12. The zero-order valence-electron chi connectivity index (χ0n) is 21.1. The lowest BCUT2D eigenvalue weighted by Crippen LogP contribution is -2.47. The van der Waals surface area contributed by atoms with Gasteiger partial charge < -0.3 is 19.7 Å². The van der Waals surface area contributed by atoms with Crippen molar-refractivity contribution in [3.8, 4) is 11.5 Å². The minimum absolute atomic E-state index is 0.0693. The third-order valence-corrected chi connectivity index (χ3v) is 8.85. The predicted octanol–water partition coefficient (Wildman–Crippen LogP) is 4.24. The summed E-state index contributed by atoms with van der Waals surface area (Å²) in [5.74, 6) is 4.17. The number of ether oxygens (including phenoxy) is 2. The number of hydrogen-bond donors (Lipinski definition) is 1. The van der Waals surface area contributed by atoms with Crippen molar-refractivity contribution in [3.63, 3.8) is 0 Å². The van der Waals surface area contributed by atoms with Crippen LogP contribution in [-0.4, -0.2) is 47.4 Å². The van der Waals surface area contributed by atoms with Crippen LogP contribution >= 0.6 is 0 Å². The van der Waals surface area contributed by atoms with Crippen LogP contribution in [0, 0.1) is 23.2 Å². The molecule has 2 amide bonds. The van der Waals surface area contributed by atoms with Crippen molar-refractivity contribution in [1.29, 1.82) is 0 Å². The highest BCUT2D eigenvalue weighted by Crippen LogP contribution is 2.61. The molecule has 1 aromatic heterocycles. The molecular weight excluding hydrogens is 456 g/mol. The minimum Gasteiger partial charge on any atom is -0.497 e. The number of nitrogens with zero attached hydrogens (tertiary/aromatic N) is 3. The number of carbonyl (C=O) groups excluding carboxylic acids is 2. The van der Waals surface area contributed by atoms with Crippen LogP contribution in [0.15, 0.2) is 24.5 Å². The van der Waals surface area contributed by atoms with Gasteiger partial charge in [-0.05, 0) is 80.2 Å². The Kier molecular flexibility index (Phi) is 5.85. The van der Waals surface area contributed by atoms with Gasteiger partial charge in [-0.1, -0.05) is 0 Å². The third-order valence-electron chi connectivity index (χ3n) is 8.85. The maximum Gasteiger partial charge on any atom is 0.254 e. The predicted molar refractivity (Wildman–Crippen MR) is 134 cm³/mol. The number of hydrogen-bond acceptors (Lipinski definition) is 6. The monoisotopic (exact) mass is 490 g/mol. The summed E-state index contributed by atoms with van der Waals surface area (Å²) in [6.07, 6.45) is 10.4. The van der Waals surface area contributed by atoms with Crippen molar-refractivity contribution in [2.24, 2.45) is 23.2 Å². The van der Waals surface area contributed by atoms with E-state index in [1.807, 2.05) is 0 Å². The molecule has 8 heteroatoms. The van der Waals surface area contributed by atoms with Gasteiger partial charge in [0.1, 0.15) is 23.6 Å². The smallest absolute Gasteiger partial charge is 0.254 e. The van der Waals surface area contributed by atoms with Crippen LogP contribution in [0.1, 0.15) is 66.6 Å². The van der Waals surface area contributed by atoms with Crippen molar-refractivity contribution in [2.45, 2.75) is 57.9 Å². The number of nitrogens with one attached hydrogen (secondary N) is 1. The molecule has 4 saturated carbocycles. The third kappa shape index (κ3) is 4.31. The summed E-state index contributed by atoms with van der Waals surface area (Å²) in [6.45, 7) is 0.893. The molecule has 2 heterocycles. The van der Waals surface area contributed by atoms with Crippen molar-refractivity contribution in [1.82, 2.24) is 14.9 Å². The Bertz CT molecular complexity index is 1140. The number of amides is 2. The molecule has 0 unspecified atom stereocenters. The largest absolute Gasteiger partial charge is 0.497 e. The van der Waals surface area contributed by atoms with Crippen LogP contribution < -0.4 is 14.8 Å². The molecule has 5 aliphatic rings. The fraction of sp³-hybridized carbons (Fsp3) is 0.571. The molecule has 36 heavy (non-hydrogen) atoms. The molecular formula is C28H34N4O4. The first-order chi connectivity index (χ1) is 17.4. The molecule has 2 aromatic rings. The number of anilines is 1. The summed E-state index contributed by atoms with van der Waals surface area (Å²) < 4.78 is 10.6. The Morgan fingerprint density at radius 2 is 1.64 bits per heavy atom. The summed E-state index contributed by atoms with van der Waals surface area (Å²) in [7, 11) is 3.13. The van der Waals surface area contributed by atoms with E-state index in [0.717, 1.165) is 29.0 Å². The van der Waals surface area contributed by atoms with Gasteiger partial charge in [-0.2, -0.15) is 0 Å². The fourth-order valence-electron chi connectivity index (χ4n) is 7.77. The first-order valence-corrected chi connectivity index (χ1v) is 13.1. The molecule has 0 saturated heterocycles. The molecule has 190 valence electrons. The van der Waals surface area contributed by atoms with Crippen molar-refractivity contribution < 1.29 is 19.1 Å². The van der Waals surface area contributed by atoms with E-state index in [0.29, 0.717) is 48.8 Å². The summed E-state index contributed by atoms with van der Waals surface area (Å²) in [6, 6.07) is 5.18. The van der Waals surface area contributed by atoms with Gasteiger partial charge in [0, 0.05) is 30.2 Å². The number of rotatable bonds is 6. The van der Waals surface area contributed by atoms with E-state index < -0.39 is 0 Å². The lowest BCUT2D eigenvalue weighted by Gasteiger charge is -2.56. The van der Waals surface area contributed by atoms with Gasteiger partial charge in [-0.25, -0.2) is 9.97 Å². The van der Waals surface area contributed by atoms with Crippen LogP contribution in [0.2, 0.25) is 0 Å². The van der Waals surface area contributed by atoms with Crippen LogP contribution in [0.4, 0.5) is 5.82 Å². The second kappa shape index (κ2) is 9.05. The molecule has 1 aliphatic heterocycles. The van der Waals surface area contributed by atoms with Crippen LogP contribution in [-0.2, 0) is 17.8 Å². The zero-order valence-corrected chi connectivity index (χ0v) is 21.1. The highest BCUT2D eigenvalue weighted by molar-refractivity contribution is 5.95. The van der Waals surface area contributed by atoms with Crippen molar-refractivity contribution in [2.75, 3.05) is 26.1 Å². The maximum absolute atomic E-state index is 13.3. The van der Waals surface area contributed by atoms with E-state index in [9.17, 15) is 9.59 Å². The Morgan fingerprint density at radius 1 is 1.00 bits per heavy atom. The zero-order chi connectivity index (χ0) is 24.9. The van der Waals surface area contributed by atoms with E-state index in [2.05, 4.69) is 15.3 Å². The lowest BCUT2D eigenvalue weighted by atomic mass is 9.49. The second-order valence-corrected chi connectivity index (χ2v) is 11.4. The normalized spacial score (nSPS) is 27.9. The van der Waals surface area contributed by atoms with E-state index in [1.165, 1.54) is 44.9 Å². The Labute approximate surface area is 211 Å². The molecule has 0 spiro atoms. The Morgan fingerprint density at radius 3 is 2.25 bits per heavy atom. The van der Waals surface area contributed by atoms with Crippen LogP contribution in [0.25, 0.3) is 0 Å². The molecule has 7 rings (SSSR count). The van der Waals surface area contributed by atoms with Gasteiger partial charge in [0.15, 0.2) is 0 Å². The lowest BCUT2D eigenvalue weighted by molar-refractivity contribution is -0.124. The Balaban J connectivity index is 1.15. The van der Waals surface area contributed by atoms with Gasteiger partial charge in [-0.3, -0.25) is 9.59 Å². The fourth-order valence-corrected chi connectivity index (χ4v) is 7.77. The molecule has 4 bridgehead atoms. The summed E-state index contributed by atoms with van der Waals surface area (Å²) >= 11 is 0. The van der Waals surface area contributed by atoms with Crippen molar-refractivity contribution >= 4 is 17.6 Å².